The molecule has 0 saturated carbocycles. The Morgan fingerprint density at radius 1 is 1.47 bits per heavy atom. The lowest BCUT2D eigenvalue weighted by atomic mass is 10.2. The second-order valence-corrected chi connectivity index (χ2v) is 4.39. The van der Waals surface area contributed by atoms with Crippen molar-refractivity contribution < 1.29 is 4.79 Å². The van der Waals surface area contributed by atoms with Gasteiger partial charge in [0.1, 0.15) is 5.69 Å². The number of nitrogens with zero attached hydrogens (tertiary/aromatic N) is 3. The Morgan fingerprint density at radius 3 is 2.82 bits per heavy atom. The Bertz CT molecular complexity index is 450. The number of hydrogen-bond acceptors (Lipinski definition) is 4. The predicted molar refractivity (Wildman–Crippen MR) is 62.9 cm³/mol. The van der Waals surface area contributed by atoms with Crippen LogP contribution in [0.3, 0.4) is 0 Å². The summed E-state index contributed by atoms with van der Waals surface area (Å²) in [6, 6.07) is 3.12. The minimum Gasteiger partial charge on any atom is -0.334 e. The Hall–Kier alpha value is -1.69. The topological polar surface area (TPSA) is 69.3 Å². The van der Waals surface area contributed by atoms with Gasteiger partial charge in [-0.2, -0.15) is 5.10 Å². The molecule has 1 aliphatic heterocycles. The molecule has 1 aromatic rings. The molecule has 0 aromatic carbocycles. The molecule has 2 heterocycles. The smallest absolute Gasteiger partial charge is 0.274 e. The van der Waals surface area contributed by atoms with Crippen molar-refractivity contribution in [1.82, 2.24) is 20.0 Å². The van der Waals surface area contributed by atoms with Gasteiger partial charge in [0.25, 0.3) is 11.5 Å². The van der Waals surface area contributed by atoms with E-state index in [1.165, 1.54) is 12.1 Å². The molecule has 1 amide bonds. The van der Waals surface area contributed by atoms with Gasteiger partial charge in [-0.15, -0.1) is 0 Å². The second-order valence-electron chi connectivity index (χ2n) is 4.39. The fourth-order valence-electron chi connectivity index (χ4n) is 1.86. The number of likely N-dealkylation sites (N-methyl/N-ethyl adjacent to an activating group) is 1. The lowest BCUT2D eigenvalue weighted by Gasteiger charge is -2.37. The number of rotatable bonds is 1. The van der Waals surface area contributed by atoms with Crippen molar-refractivity contribution in [1.29, 1.82) is 0 Å². The number of aromatic nitrogens is 2. The maximum absolute atomic E-state index is 12.1. The highest BCUT2D eigenvalue weighted by Crippen LogP contribution is 2.09. The van der Waals surface area contributed by atoms with E-state index in [1.807, 2.05) is 7.05 Å². The van der Waals surface area contributed by atoms with Crippen LogP contribution in [0, 0.1) is 0 Å². The average molecular weight is 236 g/mol. The summed E-state index contributed by atoms with van der Waals surface area (Å²) in [6.45, 7) is 4.33. The van der Waals surface area contributed by atoms with E-state index in [0.29, 0.717) is 24.8 Å². The zero-order chi connectivity index (χ0) is 12.4. The third-order valence-corrected chi connectivity index (χ3v) is 3.15. The van der Waals surface area contributed by atoms with Gasteiger partial charge in [-0.1, -0.05) is 0 Å². The molecule has 2 rings (SSSR count). The largest absolute Gasteiger partial charge is 0.334 e. The van der Waals surface area contributed by atoms with Gasteiger partial charge in [-0.25, -0.2) is 5.10 Å². The number of nitrogens with one attached hydrogen (secondary N) is 1. The molecule has 1 aliphatic rings. The summed E-state index contributed by atoms with van der Waals surface area (Å²) >= 11 is 0. The molecule has 92 valence electrons. The SMILES string of the molecule is CC1CN(C(=O)c2ccc(=O)[nH]n2)CCN1C. The summed E-state index contributed by atoms with van der Waals surface area (Å²) in [4.78, 5) is 26.9. The molecule has 0 aliphatic carbocycles. The zero-order valence-corrected chi connectivity index (χ0v) is 10.0. The summed E-state index contributed by atoms with van der Waals surface area (Å²) in [7, 11) is 2.05. The van der Waals surface area contributed by atoms with E-state index in [2.05, 4.69) is 22.0 Å². The number of carbonyl (C=O) groups is 1. The normalized spacial score (nSPS) is 21.5. The van der Waals surface area contributed by atoms with Crippen molar-refractivity contribution in [3.8, 4) is 0 Å². The highest BCUT2D eigenvalue weighted by atomic mass is 16.2. The molecule has 1 fully saturated rings. The van der Waals surface area contributed by atoms with Gasteiger partial charge >= 0.3 is 0 Å². The van der Waals surface area contributed by atoms with Gasteiger partial charge in [-0.3, -0.25) is 9.59 Å². The third-order valence-electron chi connectivity index (χ3n) is 3.15. The molecule has 6 nitrogen and oxygen atoms in total. The number of hydrogen-bond donors (Lipinski definition) is 1. The van der Waals surface area contributed by atoms with Crippen LogP contribution in [0.5, 0.6) is 0 Å². The van der Waals surface area contributed by atoms with Crippen molar-refractivity contribution in [3.63, 3.8) is 0 Å². The van der Waals surface area contributed by atoms with Crippen molar-refractivity contribution in [2.24, 2.45) is 0 Å². The highest BCUT2D eigenvalue weighted by molar-refractivity contribution is 5.92. The van der Waals surface area contributed by atoms with E-state index in [9.17, 15) is 9.59 Å². The Kier molecular flexibility index (Phi) is 3.23. The molecule has 0 radical (unpaired) electrons. The first-order chi connectivity index (χ1) is 8.08. The number of amides is 1. The van der Waals surface area contributed by atoms with Gasteiger partial charge in [-0.05, 0) is 20.0 Å². The average Bonchev–Trinajstić information content (AvgIpc) is 2.33. The van der Waals surface area contributed by atoms with E-state index in [1.54, 1.807) is 4.90 Å². The highest BCUT2D eigenvalue weighted by Gasteiger charge is 2.25. The van der Waals surface area contributed by atoms with Gasteiger partial charge in [0.2, 0.25) is 0 Å². The molecular formula is C11H16N4O2. The van der Waals surface area contributed by atoms with Crippen LogP contribution in [0.2, 0.25) is 0 Å². The van der Waals surface area contributed by atoms with Crippen molar-refractivity contribution >= 4 is 5.91 Å². The quantitative estimate of drug-likeness (QED) is 0.716. The first-order valence-electron chi connectivity index (χ1n) is 5.63. The summed E-state index contributed by atoms with van der Waals surface area (Å²) < 4.78 is 0. The van der Waals surface area contributed by atoms with E-state index in [-0.39, 0.29) is 11.5 Å². The zero-order valence-electron chi connectivity index (χ0n) is 10.0. The maximum atomic E-state index is 12.1. The van der Waals surface area contributed by atoms with Crippen molar-refractivity contribution in [2.75, 3.05) is 26.7 Å². The fraction of sp³-hybridized carbons (Fsp3) is 0.545. The number of piperazine rings is 1. The molecule has 1 aromatic heterocycles. The van der Waals surface area contributed by atoms with Gasteiger partial charge in [0.05, 0.1) is 0 Å². The Labute approximate surface area is 99.2 Å². The van der Waals surface area contributed by atoms with Crippen LogP contribution in [0.4, 0.5) is 0 Å². The van der Waals surface area contributed by atoms with Crippen LogP contribution in [0.25, 0.3) is 0 Å². The van der Waals surface area contributed by atoms with Crippen molar-refractivity contribution in [3.05, 3.63) is 28.2 Å². The molecule has 1 N–H and O–H groups in total. The van der Waals surface area contributed by atoms with E-state index in [4.69, 9.17) is 0 Å². The van der Waals surface area contributed by atoms with E-state index < -0.39 is 0 Å². The first kappa shape index (κ1) is 11.8. The first-order valence-corrected chi connectivity index (χ1v) is 5.63. The number of H-pyrrole nitrogens is 1. The van der Waals surface area contributed by atoms with Crippen LogP contribution in [0.1, 0.15) is 17.4 Å². The standard InChI is InChI=1S/C11H16N4O2/c1-8-7-15(6-5-14(8)2)11(17)9-3-4-10(16)13-12-9/h3-4,8H,5-7H2,1-2H3,(H,13,16). The molecule has 0 bridgehead atoms. The third kappa shape index (κ3) is 2.52. The number of carbonyl (C=O) groups excluding carboxylic acids is 1. The van der Waals surface area contributed by atoms with Crippen LogP contribution >= 0.6 is 0 Å². The molecule has 1 saturated heterocycles. The van der Waals surface area contributed by atoms with E-state index in [0.717, 1.165) is 6.54 Å². The van der Waals surface area contributed by atoms with Crippen LogP contribution in [0.15, 0.2) is 16.9 Å². The summed E-state index contributed by atoms with van der Waals surface area (Å²) in [5.41, 5.74) is -0.00495. The maximum Gasteiger partial charge on any atom is 0.274 e. The second kappa shape index (κ2) is 4.67. The summed E-state index contributed by atoms with van der Waals surface area (Å²) in [6.07, 6.45) is 0. The monoisotopic (exact) mass is 236 g/mol. The summed E-state index contributed by atoms with van der Waals surface area (Å²) in [5.74, 6) is -0.124. The van der Waals surface area contributed by atoms with E-state index >= 15 is 0 Å². The van der Waals surface area contributed by atoms with Gasteiger partial charge in [0, 0.05) is 31.7 Å². The van der Waals surface area contributed by atoms with Crippen LogP contribution in [-0.2, 0) is 0 Å². The van der Waals surface area contributed by atoms with Crippen molar-refractivity contribution in [2.45, 2.75) is 13.0 Å². The lowest BCUT2D eigenvalue weighted by Crippen LogP contribution is -2.52. The molecule has 0 spiro atoms. The van der Waals surface area contributed by atoms with Gasteiger partial charge < -0.3 is 9.80 Å². The minimum absolute atomic E-state index is 0.124. The molecule has 17 heavy (non-hydrogen) atoms. The molecule has 1 atom stereocenters. The number of aromatic amines is 1. The fourth-order valence-corrected chi connectivity index (χ4v) is 1.86. The molecule has 6 heteroatoms. The van der Waals surface area contributed by atoms with Crippen LogP contribution < -0.4 is 5.56 Å². The summed E-state index contributed by atoms with van der Waals surface area (Å²) in [5, 5.41) is 6.03. The molecular weight excluding hydrogens is 220 g/mol. The Morgan fingerprint density at radius 2 is 2.24 bits per heavy atom. The van der Waals surface area contributed by atoms with Crippen LogP contribution in [-0.4, -0.2) is 58.6 Å². The molecule has 1 unspecified atom stereocenters. The van der Waals surface area contributed by atoms with Gasteiger partial charge in [0.15, 0.2) is 0 Å². The lowest BCUT2D eigenvalue weighted by molar-refractivity contribution is 0.0565. The minimum atomic E-state index is -0.298. The Balaban J connectivity index is 2.10. The predicted octanol–water partition coefficient (Wildman–Crippen LogP) is -0.454.